The predicted molar refractivity (Wildman–Crippen MR) is 131 cm³/mol. The van der Waals surface area contributed by atoms with E-state index in [-0.39, 0.29) is 24.4 Å². The molecule has 0 spiro atoms. The lowest BCUT2D eigenvalue weighted by atomic mass is 9.94. The van der Waals surface area contributed by atoms with E-state index in [1.54, 1.807) is 6.92 Å². The summed E-state index contributed by atoms with van der Waals surface area (Å²) in [4.78, 5) is 67.3. The lowest BCUT2D eigenvalue weighted by Crippen LogP contribution is -2.49. The van der Waals surface area contributed by atoms with Crippen molar-refractivity contribution in [2.24, 2.45) is 5.92 Å². The summed E-state index contributed by atoms with van der Waals surface area (Å²) < 4.78 is 53.3. The molecule has 10 nitrogen and oxygen atoms in total. The minimum Gasteiger partial charge on any atom is -0.353 e. The molecule has 3 atom stereocenters. The average molecular weight is 564 g/mol. The summed E-state index contributed by atoms with van der Waals surface area (Å²) in [5.74, 6) is -6.65. The SMILES string of the molecule is C[C@@H]1C[C@@H](CC(NC(=O)c2cc(F)cnc2NC(=O)c2cccc(C(F)(F)F)c2)C(=O)C(=O)NC2CC2)C(=O)N1. The van der Waals surface area contributed by atoms with E-state index in [9.17, 15) is 41.5 Å². The van der Waals surface area contributed by atoms with Crippen LogP contribution in [0, 0.1) is 11.7 Å². The molecule has 40 heavy (non-hydrogen) atoms. The van der Waals surface area contributed by atoms with E-state index in [2.05, 4.69) is 26.3 Å². The molecule has 4 amide bonds. The fraction of sp³-hybridized carbons (Fsp3) is 0.385. The number of ketones is 1. The van der Waals surface area contributed by atoms with Crippen molar-refractivity contribution in [1.29, 1.82) is 0 Å². The molecule has 1 aliphatic heterocycles. The van der Waals surface area contributed by atoms with Gasteiger partial charge in [-0.3, -0.25) is 24.0 Å². The Bertz CT molecular complexity index is 1360. The standard InChI is InChI=1S/C26H25F4N5O5/c1-12-7-14(23(38)32-12)9-19(20(36)25(40)33-17-5-6-17)34-24(39)18-10-16(27)11-31-21(18)35-22(37)13-3-2-4-15(8-13)26(28,29)30/h2-4,8,10-12,14,17,19H,5-7,9H2,1H3,(H,32,38)(H,33,40)(H,34,39)(H,31,35,37)/t12-,14+,19?/m1/s1. The van der Waals surface area contributed by atoms with Gasteiger partial charge in [-0.1, -0.05) is 6.07 Å². The normalized spacial score (nSPS) is 19.4. The van der Waals surface area contributed by atoms with Crippen LogP contribution in [0.5, 0.6) is 0 Å². The highest BCUT2D eigenvalue weighted by Gasteiger charge is 2.38. The van der Waals surface area contributed by atoms with Gasteiger partial charge in [-0.05, 0) is 56.9 Å². The number of nitrogens with zero attached hydrogens (tertiary/aromatic N) is 1. The zero-order chi connectivity index (χ0) is 29.2. The monoisotopic (exact) mass is 563 g/mol. The van der Waals surface area contributed by atoms with Crippen molar-refractivity contribution in [2.45, 2.75) is 56.9 Å². The second-order valence-electron chi connectivity index (χ2n) is 9.80. The minimum atomic E-state index is -4.71. The number of benzene rings is 1. The zero-order valence-electron chi connectivity index (χ0n) is 21.1. The maximum absolute atomic E-state index is 14.1. The van der Waals surface area contributed by atoms with Crippen LogP contribution in [0.4, 0.5) is 23.4 Å². The number of rotatable bonds is 9. The van der Waals surface area contributed by atoms with Gasteiger partial charge in [0, 0.05) is 23.6 Å². The van der Waals surface area contributed by atoms with Crippen molar-refractivity contribution in [3.8, 4) is 0 Å². The Balaban J connectivity index is 1.56. The van der Waals surface area contributed by atoms with Crippen molar-refractivity contribution in [1.82, 2.24) is 20.9 Å². The first-order valence-electron chi connectivity index (χ1n) is 12.4. The second kappa shape index (κ2) is 11.4. The molecule has 1 saturated heterocycles. The molecule has 1 aromatic heterocycles. The molecule has 2 aromatic rings. The Labute approximate surface area is 225 Å². The molecule has 1 aromatic carbocycles. The topological polar surface area (TPSA) is 146 Å². The minimum absolute atomic E-state index is 0.160. The Morgan fingerprint density at radius 1 is 1.12 bits per heavy atom. The van der Waals surface area contributed by atoms with Gasteiger partial charge < -0.3 is 21.3 Å². The molecule has 1 saturated carbocycles. The van der Waals surface area contributed by atoms with Gasteiger partial charge in [0.1, 0.15) is 11.6 Å². The summed E-state index contributed by atoms with van der Waals surface area (Å²) in [6.07, 6.45) is -2.51. The number of aromatic nitrogens is 1. The zero-order valence-corrected chi connectivity index (χ0v) is 21.1. The smallest absolute Gasteiger partial charge is 0.353 e. The fourth-order valence-corrected chi connectivity index (χ4v) is 4.28. The largest absolute Gasteiger partial charge is 0.416 e. The molecule has 2 aliphatic rings. The van der Waals surface area contributed by atoms with Crippen LogP contribution >= 0.6 is 0 Å². The highest BCUT2D eigenvalue weighted by molar-refractivity contribution is 6.38. The van der Waals surface area contributed by atoms with Crippen molar-refractivity contribution < 1.29 is 41.5 Å². The van der Waals surface area contributed by atoms with Crippen LogP contribution in [0.25, 0.3) is 0 Å². The predicted octanol–water partition coefficient (Wildman–Crippen LogP) is 2.35. The second-order valence-corrected chi connectivity index (χ2v) is 9.80. The number of carbonyl (C=O) groups excluding carboxylic acids is 5. The third-order valence-electron chi connectivity index (χ3n) is 6.46. The number of alkyl halides is 3. The summed E-state index contributed by atoms with van der Waals surface area (Å²) in [5, 5.41) is 9.75. The molecular formula is C26H25F4N5O5. The first kappa shape index (κ1) is 28.6. The van der Waals surface area contributed by atoms with E-state index in [4.69, 9.17) is 0 Å². The number of halogens is 4. The summed E-state index contributed by atoms with van der Waals surface area (Å²) in [6, 6.07) is 2.39. The molecule has 4 N–H and O–H groups in total. The number of hydrogen-bond donors (Lipinski definition) is 4. The molecule has 1 unspecified atom stereocenters. The Morgan fingerprint density at radius 2 is 1.85 bits per heavy atom. The maximum atomic E-state index is 14.1. The molecular weight excluding hydrogens is 538 g/mol. The molecule has 1 aliphatic carbocycles. The van der Waals surface area contributed by atoms with Gasteiger partial charge in [-0.2, -0.15) is 13.2 Å². The van der Waals surface area contributed by atoms with E-state index in [0.717, 1.165) is 18.2 Å². The van der Waals surface area contributed by atoms with Gasteiger partial charge in [0.05, 0.1) is 23.4 Å². The van der Waals surface area contributed by atoms with Gasteiger partial charge in [-0.25, -0.2) is 9.37 Å². The van der Waals surface area contributed by atoms with E-state index < -0.39 is 70.0 Å². The van der Waals surface area contributed by atoms with Gasteiger partial charge in [0.15, 0.2) is 0 Å². The quantitative estimate of drug-likeness (QED) is 0.272. The first-order valence-corrected chi connectivity index (χ1v) is 12.4. The molecule has 2 heterocycles. The summed E-state index contributed by atoms with van der Waals surface area (Å²) in [6.45, 7) is 1.75. The van der Waals surface area contributed by atoms with Gasteiger partial charge in [0.25, 0.3) is 17.7 Å². The van der Waals surface area contributed by atoms with E-state index in [1.165, 1.54) is 0 Å². The van der Waals surface area contributed by atoms with E-state index in [1.807, 2.05) is 0 Å². The average Bonchev–Trinajstić information content (AvgIpc) is 3.65. The van der Waals surface area contributed by atoms with Gasteiger partial charge in [-0.15, -0.1) is 0 Å². The highest BCUT2D eigenvalue weighted by Crippen LogP contribution is 2.30. The van der Waals surface area contributed by atoms with Crippen LogP contribution in [0.1, 0.15) is 58.9 Å². The van der Waals surface area contributed by atoms with Crippen LogP contribution in [0.3, 0.4) is 0 Å². The first-order chi connectivity index (χ1) is 18.8. The lowest BCUT2D eigenvalue weighted by molar-refractivity contribution is -0.139. The molecule has 2 fully saturated rings. The number of anilines is 1. The summed E-state index contributed by atoms with van der Waals surface area (Å²) >= 11 is 0. The van der Waals surface area contributed by atoms with Crippen LogP contribution < -0.4 is 21.3 Å². The number of amides is 4. The Morgan fingerprint density at radius 3 is 2.48 bits per heavy atom. The van der Waals surface area contributed by atoms with Gasteiger partial charge >= 0.3 is 6.18 Å². The number of pyridine rings is 1. The van der Waals surface area contributed by atoms with Crippen molar-refractivity contribution in [3.05, 3.63) is 59.0 Å². The third-order valence-corrected chi connectivity index (χ3v) is 6.46. The number of nitrogens with one attached hydrogen (secondary N) is 4. The number of Topliss-reactive ketones (excluding diaryl/α,β-unsaturated/α-hetero) is 1. The summed E-state index contributed by atoms with van der Waals surface area (Å²) in [7, 11) is 0. The third kappa shape index (κ3) is 6.98. The Kier molecular flexibility index (Phi) is 8.16. The van der Waals surface area contributed by atoms with E-state index in [0.29, 0.717) is 37.6 Å². The van der Waals surface area contributed by atoms with Crippen molar-refractivity contribution >= 4 is 35.2 Å². The van der Waals surface area contributed by atoms with Crippen LogP contribution in [-0.4, -0.2) is 52.5 Å². The molecule has 4 rings (SSSR count). The van der Waals surface area contributed by atoms with Crippen molar-refractivity contribution in [2.75, 3.05) is 5.32 Å². The van der Waals surface area contributed by atoms with Crippen LogP contribution in [0.2, 0.25) is 0 Å². The molecule has 0 radical (unpaired) electrons. The van der Waals surface area contributed by atoms with Crippen molar-refractivity contribution in [3.63, 3.8) is 0 Å². The van der Waals surface area contributed by atoms with Crippen LogP contribution in [-0.2, 0) is 20.6 Å². The molecule has 212 valence electrons. The lowest BCUT2D eigenvalue weighted by Gasteiger charge is -2.20. The molecule has 0 bridgehead atoms. The summed E-state index contributed by atoms with van der Waals surface area (Å²) in [5.41, 5.74) is -2.04. The number of carbonyl (C=O) groups is 5. The maximum Gasteiger partial charge on any atom is 0.416 e. The Hall–Kier alpha value is -4.36. The molecule has 14 heteroatoms. The fourth-order valence-electron chi connectivity index (χ4n) is 4.28. The highest BCUT2D eigenvalue weighted by atomic mass is 19.4. The van der Waals surface area contributed by atoms with E-state index >= 15 is 0 Å². The number of hydrogen-bond acceptors (Lipinski definition) is 6. The van der Waals surface area contributed by atoms with Crippen LogP contribution in [0.15, 0.2) is 36.5 Å². The van der Waals surface area contributed by atoms with Gasteiger partial charge in [0.2, 0.25) is 11.7 Å².